The molecule has 132 valence electrons. The van der Waals surface area contributed by atoms with Gasteiger partial charge >= 0.3 is 0 Å². The third kappa shape index (κ3) is 4.95. The number of benzene rings is 1. The Morgan fingerprint density at radius 1 is 1.12 bits per heavy atom. The Labute approximate surface area is 152 Å². The molecule has 3 rings (SSSR count). The Morgan fingerprint density at radius 3 is 2.52 bits per heavy atom. The lowest BCUT2D eigenvalue weighted by Crippen LogP contribution is -2.33. The van der Waals surface area contributed by atoms with E-state index in [1.807, 2.05) is 35.2 Å². The van der Waals surface area contributed by atoms with Crippen molar-refractivity contribution >= 4 is 17.7 Å². The van der Waals surface area contributed by atoms with Gasteiger partial charge in [-0.05, 0) is 43.2 Å². The zero-order valence-electron chi connectivity index (χ0n) is 14.5. The Kier molecular flexibility index (Phi) is 6.28. The maximum atomic E-state index is 12.4. The molecular formula is C19H23N3O2S. The smallest absolute Gasteiger partial charge is 0.233 e. The van der Waals surface area contributed by atoms with Crippen LogP contribution in [0.4, 0.5) is 0 Å². The number of thioether (sulfide) groups is 1. The molecule has 0 saturated carbocycles. The van der Waals surface area contributed by atoms with Crippen molar-refractivity contribution in [2.45, 2.75) is 30.8 Å². The Hall–Kier alpha value is -2.08. The van der Waals surface area contributed by atoms with Crippen LogP contribution in [0.15, 0.2) is 41.7 Å². The van der Waals surface area contributed by atoms with Gasteiger partial charge in [0.2, 0.25) is 5.91 Å². The van der Waals surface area contributed by atoms with Gasteiger partial charge in [-0.3, -0.25) is 4.79 Å². The van der Waals surface area contributed by atoms with Gasteiger partial charge < -0.3 is 9.64 Å². The number of amides is 1. The lowest BCUT2D eigenvalue weighted by molar-refractivity contribution is -0.128. The summed E-state index contributed by atoms with van der Waals surface area (Å²) >= 11 is 1.41. The molecule has 0 aliphatic carbocycles. The minimum absolute atomic E-state index is 0.186. The average molecular weight is 357 g/mol. The molecule has 1 amide bonds. The predicted molar refractivity (Wildman–Crippen MR) is 99.8 cm³/mol. The molecule has 0 unspecified atom stereocenters. The van der Waals surface area contributed by atoms with Gasteiger partial charge in [0.25, 0.3) is 0 Å². The first-order valence-electron chi connectivity index (χ1n) is 8.64. The number of hydrogen-bond acceptors (Lipinski definition) is 5. The van der Waals surface area contributed by atoms with E-state index in [9.17, 15) is 4.79 Å². The fourth-order valence-electron chi connectivity index (χ4n) is 2.87. The highest BCUT2D eigenvalue weighted by Crippen LogP contribution is 2.23. The summed E-state index contributed by atoms with van der Waals surface area (Å²) < 4.78 is 5.18. The molecule has 0 spiro atoms. The van der Waals surface area contributed by atoms with E-state index in [1.54, 1.807) is 13.3 Å². The summed E-state index contributed by atoms with van der Waals surface area (Å²) in [5.41, 5.74) is 1.85. The molecule has 1 aromatic heterocycles. The average Bonchev–Trinajstić information content (AvgIpc) is 2.96. The van der Waals surface area contributed by atoms with E-state index in [-0.39, 0.29) is 5.91 Å². The summed E-state index contributed by atoms with van der Waals surface area (Å²) in [6.07, 6.45) is 6.42. The fraction of sp³-hybridized carbons (Fsp3) is 0.421. The minimum Gasteiger partial charge on any atom is -0.497 e. The molecule has 1 aliphatic heterocycles. The van der Waals surface area contributed by atoms with Gasteiger partial charge in [0.05, 0.1) is 18.6 Å². The first-order chi connectivity index (χ1) is 12.3. The molecule has 0 radical (unpaired) electrons. The van der Waals surface area contributed by atoms with Crippen molar-refractivity contribution in [2.75, 3.05) is 26.0 Å². The lowest BCUT2D eigenvalue weighted by Gasteiger charge is -2.19. The Morgan fingerprint density at radius 2 is 1.84 bits per heavy atom. The number of carbonyl (C=O) groups excluding carboxylic acids is 1. The van der Waals surface area contributed by atoms with E-state index in [0.717, 1.165) is 42.9 Å². The van der Waals surface area contributed by atoms with Crippen LogP contribution in [-0.4, -0.2) is 46.7 Å². The van der Waals surface area contributed by atoms with E-state index < -0.39 is 0 Å². The van der Waals surface area contributed by atoms with Gasteiger partial charge in [-0.15, -0.1) is 0 Å². The SMILES string of the molecule is COc1ccc(-c2ccnc(SCC(=O)N3CCCCCC3)n2)cc1. The maximum absolute atomic E-state index is 12.4. The molecule has 0 atom stereocenters. The zero-order chi connectivity index (χ0) is 17.5. The third-order valence-corrected chi connectivity index (χ3v) is 5.15. The lowest BCUT2D eigenvalue weighted by atomic mass is 10.1. The van der Waals surface area contributed by atoms with Crippen LogP contribution in [-0.2, 0) is 4.79 Å². The summed E-state index contributed by atoms with van der Waals surface area (Å²) in [4.78, 5) is 23.2. The van der Waals surface area contributed by atoms with Crippen LogP contribution in [0.1, 0.15) is 25.7 Å². The molecule has 0 N–H and O–H groups in total. The van der Waals surface area contributed by atoms with E-state index in [0.29, 0.717) is 10.9 Å². The largest absolute Gasteiger partial charge is 0.497 e. The maximum Gasteiger partial charge on any atom is 0.233 e. The molecule has 5 nitrogen and oxygen atoms in total. The van der Waals surface area contributed by atoms with Gasteiger partial charge in [0.1, 0.15) is 5.75 Å². The second kappa shape index (κ2) is 8.85. The molecule has 2 aromatic rings. The highest BCUT2D eigenvalue weighted by atomic mass is 32.2. The number of nitrogens with zero attached hydrogens (tertiary/aromatic N) is 3. The predicted octanol–water partition coefficient (Wildman–Crippen LogP) is 3.65. The number of likely N-dealkylation sites (tertiary alicyclic amines) is 1. The molecular weight excluding hydrogens is 334 g/mol. The van der Waals surface area contributed by atoms with Crippen LogP contribution in [0.5, 0.6) is 5.75 Å². The van der Waals surface area contributed by atoms with E-state index in [4.69, 9.17) is 4.74 Å². The summed E-state index contributed by atoms with van der Waals surface area (Å²) in [5, 5.41) is 0.636. The molecule has 25 heavy (non-hydrogen) atoms. The van der Waals surface area contributed by atoms with Crippen molar-refractivity contribution in [1.82, 2.24) is 14.9 Å². The van der Waals surface area contributed by atoms with E-state index in [1.165, 1.54) is 24.6 Å². The molecule has 0 bridgehead atoms. The molecule has 2 heterocycles. The fourth-order valence-corrected chi connectivity index (χ4v) is 3.60. The molecule has 1 aliphatic rings. The van der Waals surface area contributed by atoms with Gasteiger partial charge in [0, 0.05) is 24.8 Å². The number of aromatic nitrogens is 2. The van der Waals surface area contributed by atoms with Crippen molar-refractivity contribution < 1.29 is 9.53 Å². The van der Waals surface area contributed by atoms with Crippen LogP contribution < -0.4 is 4.74 Å². The highest BCUT2D eigenvalue weighted by Gasteiger charge is 2.16. The zero-order valence-corrected chi connectivity index (χ0v) is 15.3. The van der Waals surface area contributed by atoms with Crippen LogP contribution in [0.25, 0.3) is 11.3 Å². The number of carbonyl (C=O) groups is 1. The molecule has 1 fully saturated rings. The van der Waals surface area contributed by atoms with Gasteiger partial charge in [0.15, 0.2) is 5.16 Å². The van der Waals surface area contributed by atoms with Crippen molar-refractivity contribution in [2.24, 2.45) is 0 Å². The number of ether oxygens (including phenoxy) is 1. The summed E-state index contributed by atoms with van der Waals surface area (Å²) in [7, 11) is 1.65. The molecule has 6 heteroatoms. The van der Waals surface area contributed by atoms with Gasteiger partial charge in [-0.25, -0.2) is 9.97 Å². The standard InChI is InChI=1S/C19H23N3O2S/c1-24-16-8-6-15(7-9-16)17-10-11-20-19(21-17)25-14-18(23)22-12-4-2-3-5-13-22/h6-11H,2-5,12-14H2,1H3. The van der Waals surface area contributed by atoms with Crippen molar-refractivity contribution in [1.29, 1.82) is 0 Å². The number of methoxy groups -OCH3 is 1. The summed E-state index contributed by atoms with van der Waals surface area (Å²) in [6, 6.07) is 9.64. The van der Waals surface area contributed by atoms with Crippen molar-refractivity contribution in [3.05, 3.63) is 36.5 Å². The number of hydrogen-bond donors (Lipinski definition) is 0. The van der Waals surface area contributed by atoms with Gasteiger partial charge in [-0.1, -0.05) is 24.6 Å². The normalized spacial score (nSPS) is 14.8. The summed E-state index contributed by atoms with van der Waals surface area (Å²) in [5.74, 6) is 1.40. The highest BCUT2D eigenvalue weighted by molar-refractivity contribution is 7.99. The van der Waals surface area contributed by atoms with Crippen LogP contribution in [0.2, 0.25) is 0 Å². The summed E-state index contributed by atoms with van der Waals surface area (Å²) in [6.45, 7) is 1.76. The monoisotopic (exact) mass is 357 g/mol. The Balaban J connectivity index is 1.62. The third-order valence-electron chi connectivity index (χ3n) is 4.30. The Bertz CT molecular complexity index is 698. The minimum atomic E-state index is 0.186. The van der Waals surface area contributed by atoms with E-state index in [2.05, 4.69) is 9.97 Å². The second-order valence-corrected chi connectivity index (χ2v) is 6.98. The van der Waals surface area contributed by atoms with Crippen LogP contribution in [0.3, 0.4) is 0 Å². The molecule has 1 saturated heterocycles. The first-order valence-corrected chi connectivity index (χ1v) is 9.63. The van der Waals surface area contributed by atoms with E-state index >= 15 is 0 Å². The van der Waals surface area contributed by atoms with Crippen molar-refractivity contribution in [3.63, 3.8) is 0 Å². The molecule has 1 aromatic carbocycles. The second-order valence-electron chi connectivity index (χ2n) is 6.04. The number of rotatable bonds is 5. The van der Waals surface area contributed by atoms with Crippen LogP contribution >= 0.6 is 11.8 Å². The van der Waals surface area contributed by atoms with Crippen molar-refractivity contribution in [3.8, 4) is 17.0 Å². The topological polar surface area (TPSA) is 55.3 Å². The van der Waals surface area contributed by atoms with Crippen LogP contribution in [0, 0.1) is 0 Å². The quantitative estimate of drug-likeness (QED) is 0.604. The first kappa shape index (κ1) is 17.7. The van der Waals surface area contributed by atoms with Gasteiger partial charge in [-0.2, -0.15) is 0 Å².